The molecule has 0 aromatic heterocycles. The first-order valence-corrected chi connectivity index (χ1v) is 7.13. The molecule has 1 N–H and O–H groups in total. The van der Waals surface area contributed by atoms with Crippen molar-refractivity contribution < 1.29 is 9.72 Å². The van der Waals surface area contributed by atoms with Crippen molar-refractivity contribution in [3.05, 3.63) is 71.3 Å². The third-order valence-electron chi connectivity index (χ3n) is 2.75. The van der Waals surface area contributed by atoms with Crippen LogP contribution in [0.1, 0.15) is 5.56 Å². The van der Waals surface area contributed by atoms with Crippen LogP contribution in [0.15, 0.2) is 55.7 Å². The second kappa shape index (κ2) is 9.26. The van der Waals surface area contributed by atoms with Gasteiger partial charge in [-0.05, 0) is 36.0 Å². The summed E-state index contributed by atoms with van der Waals surface area (Å²) in [6.07, 6.45) is 6.21. The molecule has 0 bridgehead atoms. The molecule has 0 saturated heterocycles. The lowest BCUT2D eigenvalue weighted by molar-refractivity contribution is -0.384. The number of nitrogens with zero attached hydrogens (tertiary/aromatic N) is 2. The second-order valence-corrected chi connectivity index (χ2v) is 4.85. The topological polar surface area (TPSA) is 75.5 Å². The largest absolute Gasteiger partial charge is 0.342 e. The number of nitro benzene ring substituents is 1. The van der Waals surface area contributed by atoms with E-state index in [0.29, 0.717) is 18.7 Å². The lowest BCUT2D eigenvalue weighted by Gasteiger charge is -2.21. The van der Waals surface area contributed by atoms with E-state index in [0.717, 1.165) is 0 Å². The molecule has 0 spiro atoms. The van der Waals surface area contributed by atoms with Crippen LogP contribution >= 0.6 is 12.2 Å². The summed E-state index contributed by atoms with van der Waals surface area (Å²) in [5.41, 5.74) is 0.669. The van der Waals surface area contributed by atoms with E-state index in [2.05, 4.69) is 18.5 Å². The normalized spacial score (nSPS) is 10.1. The van der Waals surface area contributed by atoms with Gasteiger partial charge in [0.25, 0.3) is 5.69 Å². The molecule has 0 fully saturated rings. The molecular formula is C16H17N3O3S. The lowest BCUT2D eigenvalue weighted by Crippen LogP contribution is -2.42. The Morgan fingerprint density at radius 3 is 2.30 bits per heavy atom. The van der Waals surface area contributed by atoms with Crippen LogP contribution < -0.4 is 5.32 Å². The van der Waals surface area contributed by atoms with Crippen molar-refractivity contribution in [3.63, 3.8) is 0 Å². The number of rotatable bonds is 7. The van der Waals surface area contributed by atoms with E-state index in [-0.39, 0.29) is 16.7 Å². The quantitative estimate of drug-likeness (QED) is 0.273. The average molecular weight is 331 g/mol. The van der Waals surface area contributed by atoms with E-state index < -0.39 is 4.92 Å². The van der Waals surface area contributed by atoms with Crippen molar-refractivity contribution in [3.8, 4) is 0 Å². The van der Waals surface area contributed by atoms with E-state index in [1.54, 1.807) is 35.3 Å². The highest BCUT2D eigenvalue weighted by atomic mass is 32.1. The number of nitrogens with one attached hydrogen (secondary N) is 1. The maximum atomic E-state index is 11.8. The Bertz CT molecular complexity index is 628. The Balaban J connectivity index is 2.64. The van der Waals surface area contributed by atoms with Gasteiger partial charge in [-0.25, -0.2) is 0 Å². The van der Waals surface area contributed by atoms with E-state index in [1.165, 1.54) is 18.2 Å². The molecule has 0 aliphatic carbocycles. The number of non-ortho nitro benzene ring substituents is 1. The Morgan fingerprint density at radius 2 is 1.83 bits per heavy atom. The Kier molecular flexibility index (Phi) is 7.35. The minimum atomic E-state index is -0.480. The molecule has 1 aromatic rings. The molecule has 0 aliphatic rings. The molecule has 6 nitrogen and oxygen atoms in total. The molecule has 1 amide bonds. The first-order chi connectivity index (χ1) is 11.0. The zero-order valence-electron chi connectivity index (χ0n) is 12.5. The predicted molar refractivity (Wildman–Crippen MR) is 94.8 cm³/mol. The molecule has 0 saturated carbocycles. The molecule has 0 aliphatic heterocycles. The van der Waals surface area contributed by atoms with Crippen LogP contribution in [-0.4, -0.2) is 33.9 Å². The zero-order valence-corrected chi connectivity index (χ0v) is 13.3. The third kappa shape index (κ3) is 6.23. The molecule has 23 heavy (non-hydrogen) atoms. The molecule has 1 rings (SSSR count). The summed E-state index contributed by atoms with van der Waals surface area (Å²) in [6.45, 7) is 8.25. The molecule has 0 atom stereocenters. The molecule has 1 aromatic carbocycles. The van der Waals surface area contributed by atoms with Gasteiger partial charge in [0.05, 0.1) is 4.92 Å². The van der Waals surface area contributed by atoms with Gasteiger partial charge in [0.15, 0.2) is 5.11 Å². The smallest absolute Gasteiger partial charge is 0.269 e. The van der Waals surface area contributed by atoms with Gasteiger partial charge in [-0.2, -0.15) is 0 Å². The number of hydrogen-bond acceptors (Lipinski definition) is 4. The van der Waals surface area contributed by atoms with Gasteiger partial charge >= 0.3 is 0 Å². The minimum Gasteiger partial charge on any atom is -0.342 e. The van der Waals surface area contributed by atoms with Crippen molar-refractivity contribution in [2.75, 3.05) is 13.1 Å². The van der Waals surface area contributed by atoms with Gasteiger partial charge < -0.3 is 4.90 Å². The first kappa shape index (κ1) is 18.2. The predicted octanol–water partition coefficient (Wildman–Crippen LogP) is 2.68. The fourth-order valence-electron chi connectivity index (χ4n) is 1.66. The summed E-state index contributed by atoms with van der Waals surface area (Å²) >= 11 is 5.15. The van der Waals surface area contributed by atoms with Crippen molar-refractivity contribution in [1.29, 1.82) is 0 Å². The summed E-state index contributed by atoms with van der Waals surface area (Å²) in [4.78, 5) is 23.7. The molecule has 7 heteroatoms. The Morgan fingerprint density at radius 1 is 1.26 bits per heavy atom. The molecule has 0 radical (unpaired) electrons. The highest BCUT2D eigenvalue weighted by molar-refractivity contribution is 7.80. The molecule has 120 valence electrons. The first-order valence-electron chi connectivity index (χ1n) is 6.72. The zero-order chi connectivity index (χ0) is 17.2. The number of carbonyl (C=O) groups is 1. The maximum absolute atomic E-state index is 11.8. The number of amides is 1. The summed E-state index contributed by atoms with van der Waals surface area (Å²) in [7, 11) is 0. The standard InChI is InChI=1S/C16H17N3O3S/c1-3-11-18(12-4-2)16(23)17-15(20)10-7-13-5-8-14(9-6-13)19(21)22/h3-10H,1-2,11-12H2,(H,17,20,23)/b10-7+. The summed E-state index contributed by atoms with van der Waals surface area (Å²) in [5, 5.41) is 13.4. The van der Waals surface area contributed by atoms with Gasteiger partial charge in [-0.15, -0.1) is 13.2 Å². The molecule has 0 heterocycles. The SMILES string of the molecule is C=CCN(CC=C)C(=S)NC(=O)/C=C/c1ccc([N+](=O)[O-])cc1. The number of benzene rings is 1. The van der Waals surface area contributed by atoms with Gasteiger partial charge in [0, 0.05) is 31.3 Å². The number of thiocarbonyl (C=S) groups is 1. The number of hydrogen-bond donors (Lipinski definition) is 1. The number of nitro groups is 1. The van der Waals surface area contributed by atoms with Gasteiger partial charge in [0.1, 0.15) is 0 Å². The monoisotopic (exact) mass is 331 g/mol. The van der Waals surface area contributed by atoms with Crippen LogP contribution in [0.5, 0.6) is 0 Å². The Labute approximate surface area is 139 Å². The Hall–Kier alpha value is -2.80. The average Bonchev–Trinajstić information content (AvgIpc) is 2.53. The molecule has 0 unspecified atom stereocenters. The highest BCUT2D eigenvalue weighted by Gasteiger charge is 2.08. The fraction of sp³-hybridized carbons (Fsp3) is 0.125. The van der Waals surface area contributed by atoms with Crippen LogP contribution in [0.4, 0.5) is 5.69 Å². The third-order valence-corrected chi connectivity index (χ3v) is 3.11. The summed E-state index contributed by atoms with van der Waals surface area (Å²) < 4.78 is 0. The van der Waals surface area contributed by atoms with Gasteiger partial charge in [-0.3, -0.25) is 20.2 Å². The molecular weight excluding hydrogens is 314 g/mol. The summed E-state index contributed by atoms with van der Waals surface area (Å²) in [6, 6.07) is 5.86. The second-order valence-electron chi connectivity index (χ2n) is 4.46. The van der Waals surface area contributed by atoms with Crippen LogP contribution in [0, 0.1) is 10.1 Å². The van der Waals surface area contributed by atoms with E-state index in [1.807, 2.05) is 0 Å². The minimum absolute atomic E-state index is 0.00253. The summed E-state index contributed by atoms with van der Waals surface area (Å²) in [5.74, 6) is -0.383. The van der Waals surface area contributed by atoms with E-state index >= 15 is 0 Å². The van der Waals surface area contributed by atoms with Gasteiger partial charge in [0.2, 0.25) is 5.91 Å². The van der Waals surface area contributed by atoms with E-state index in [4.69, 9.17) is 12.2 Å². The lowest BCUT2D eigenvalue weighted by atomic mass is 10.2. The highest BCUT2D eigenvalue weighted by Crippen LogP contribution is 2.12. The van der Waals surface area contributed by atoms with Crippen LogP contribution in [-0.2, 0) is 4.79 Å². The maximum Gasteiger partial charge on any atom is 0.269 e. The van der Waals surface area contributed by atoms with Crippen molar-refractivity contribution in [2.45, 2.75) is 0 Å². The van der Waals surface area contributed by atoms with E-state index in [9.17, 15) is 14.9 Å². The van der Waals surface area contributed by atoms with Crippen LogP contribution in [0.3, 0.4) is 0 Å². The number of carbonyl (C=O) groups excluding carboxylic acids is 1. The van der Waals surface area contributed by atoms with Crippen molar-refractivity contribution in [1.82, 2.24) is 10.2 Å². The van der Waals surface area contributed by atoms with Crippen LogP contribution in [0.25, 0.3) is 6.08 Å². The van der Waals surface area contributed by atoms with Gasteiger partial charge in [-0.1, -0.05) is 12.2 Å². The van der Waals surface area contributed by atoms with Crippen molar-refractivity contribution in [2.24, 2.45) is 0 Å². The van der Waals surface area contributed by atoms with Crippen LogP contribution in [0.2, 0.25) is 0 Å². The van der Waals surface area contributed by atoms with Crippen molar-refractivity contribution >= 4 is 35.0 Å². The fourth-order valence-corrected chi connectivity index (χ4v) is 1.91.